The highest BCUT2D eigenvalue weighted by molar-refractivity contribution is 6.38. The van der Waals surface area contributed by atoms with Crippen LogP contribution in [0.4, 0.5) is 0 Å². The molecule has 1 atom stereocenters. The molecule has 4 radical (unpaired) electrons. The van der Waals surface area contributed by atoms with Crippen LogP contribution in [-0.2, 0) is 6.42 Å². The van der Waals surface area contributed by atoms with Crippen molar-refractivity contribution in [1.82, 2.24) is 0 Å². The average molecular weight is 199 g/mol. The largest absolute Gasteiger partial charge is 0.468 e. The topological polar surface area (TPSA) is 44.5 Å². The predicted octanol–water partition coefficient (Wildman–Crippen LogP) is 0.296. The summed E-state index contributed by atoms with van der Waals surface area (Å²) in [5.41, 5.74) is 5.23. The zero-order chi connectivity index (χ0) is 11.1. The van der Waals surface area contributed by atoms with E-state index in [4.69, 9.17) is 30.9 Å². The molecule has 3 nitrogen and oxygen atoms in total. The molecule has 0 aliphatic carbocycles. The van der Waals surface area contributed by atoms with Crippen LogP contribution in [0.2, 0.25) is 0 Å². The Labute approximate surface area is 91.8 Å². The van der Waals surface area contributed by atoms with Gasteiger partial charge in [-0.05, 0) is 31.0 Å². The molecule has 0 amide bonds. The second kappa shape index (κ2) is 3.49. The highest BCUT2D eigenvalue weighted by Crippen LogP contribution is 2.37. The molecule has 0 aromatic heterocycles. The lowest BCUT2D eigenvalue weighted by atomic mass is 9.76. The van der Waals surface area contributed by atoms with Gasteiger partial charge in [0, 0.05) is 6.04 Å². The lowest BCUT2D eigenvalue weighted by Crippen LogP contribution is -2.39. The molecule has 5 heteroatoms. The Kier molecular flexibility index (Phi) is 2.43. The van der Waals surface area contributed by atoms with Gasteiger partial charge in [0.1, 0.15) is 0 Å². The smallest absolute Gasteiger partial charge is 0.175 e. The van der Waals surface area contributed by atoms with Crippen LogP contribution in [0.5, 0.6) is 11.5 Å². The van der Waals surface area contributed by atoms with Crippen LogP contribution in [0.3, 0.4) is 0 Å². The fourth-order valence-electron chi connectivity index (χ4n) is 1.58. The summed E-state index contributed by atoms with van der Waals surface area (Å²) in [4.78, 5) is 0. The summed E-state index contributed by atoms with van der Waals surface area (Å²) in [5.74, 6) is 1.13. The highest BCUT2D eigenvalue weighted by atomic mass is 16.7. The van der Waals surface area contributed by atoms with Gasteiger partial charge in [0.15, 0.2) is 32.8 Å². The van der Waals surface area contributed by atoms with Gasteiger partial charge in [-0.1, -0.05) is 6.07 Å². The van der Waals surface area contributed by atoms with Gasteiger partial charge in [-0.2, -0.15) is 0 Å². The van der Waals surface area contributed by atoms with E-state index in [-0.39, 0.29) is 6.04 Å². The molecular weight excluding hydrogens is 188 g/mol. The monoisotopic (exact) mass is 199 g/mol. The molecule has 0 saturated carbocycles. The molecule has 15 heavy (non-hydrogen) atoms. The first-order valence-corrected chi connectivity index (χ1v) is 4.80. The van der Waals surface area contributed by atoms with Crippen molar-refractivity contribution in [2.24, 2.45) is 5.73 Å². The van der Waals surface area contributed by atoms with Crippen molar-refractivity contribution in [3.8, 4) is 11.5 Å². The maximum atomic E-state index is 5.70. The number of rotatable bonds is 2. The zero-order valence-corrected chi connectivity index (χ0v) is 8.57. The van der Waals surface area contributed by atoms with E-state index in [1.165, 1.54) is 0 Å². The molecule has 2 rings (SSSR count). The van der Waals surface area contributed by atoms with Crippen LogP contribution in [-0.4, -0.2) is 27.3 Å². The Balaban J connectivity index is 2.23. The Morgan fingerprint density at radius 3 is 2.67 bits per heavy atom. The molecule has 1 aromatic rings. The van der Waals surface area contributed by atoms with Crippen molar-refractivity contribution in [3.63, 3.8) is 0 Å². The minimum absolute atomic E-state index is 0.103. The lowest BCUT2D eigenvalue weighted by Gasteiger charge is -2.18. The van der Waals surface area contributed by atoms with Crippen molar-refractivity contribution in [2.45, 2.75) is 25.0 Å². The second-order valence-electron chi connectivity index (χ2n) is 3.89. The van der Waals surface area contributed by atoms with Crippen molar-refractivity contribution in [3.05, 3.63) is 23.8 Å². The molecule has 74 valence electrons. The van der Waals surface area contributed by atoms with E-state index in [2.05, 4.69) is 0 Å². The second-order valence-corrected chi connectivity index (χ2v) is 3.89. The third-order valence-electron chi connectivity index (χ3n) is 2.10. The van der Waals surface area contributed by atoms with Crippen LogP contribution >= 0.6 is 0 Å². The fourth-order valence-corrected chi connectivity index (χ4v) is 1.58. The Bertz CT molecular complexity index is 380. The van der Waals surface area contributed by atoms with Gasteiger partial charge in [-0.3, -0.25) is 0 Å². The molecule has 2 N–H and O–H groups in total. The summed E-state index contributed by atoms with van der Waals surface area (Å²) in [5, 5.41) is 0. The Morgan fingerprint density at radius 1 is 1.33 bits per heavy atom. The normalized spacial score (nSPS) is 18.8. The SMILES string of the molecule is [B]C1([B])Oc2ccc(C[C@H](C)N)cc2O1. The van der Waals surface area contributed by atoms with Gasteiger partial charge in [0.25, 0.3) is 0 Å². The number of benzene rings is 1. The first-order chi connectivity index (χ1) is 6.96. The predicted molar refractivity (Wildman–Crippen MR) is 59.3 cm³/mol. The Morgan fingerprint density at radius 2 is 2.00 bits per heavy atom. The molecule has 1 aliphatic heterocycles. The van der Waals surface area contributed by atoms with Gasteiger partial charge in [-0.15, -0.1) is 0 Å². The molecule has 1 aliphatic rings. The number of ether oxygens (including phenoxy) is 2. The van der Waals surface area contributed by atoms with Crippen LogP contribution in [0, 0.1) is 0 Å². The summed E-state index contributed by atoms with van der Waals surface area (Å²) < 4.78 is 10.4. The number of fused-ring (bicyclic) bond motifs is 1. The quantitative estimate of drug-likeness (QED) is 0.696. The van der Waals surface area contributed by atoms with Crippen molar-refractivity contribution < 1.29 is 9.47 Å². The van der Waals surface area contributed by atoms with Crippen LogP contribution in [0.1, 0.15) is 12.5 Å². The molecule has 0 saturated heterocycles. The maximum absolute atomic E-state index is 5.70. The summed E-state index contributed by atoms with van der Waals surface area (Å²) in [6.45, 7) is 1.95. The first kappa shape index (κ1) is 10.4. The van der Waals surface area contributed by atoms with Gasteiger partial charge >= 0.3 is 0 Å². The minimum Gasteiger partial charge on any atom is -0.468 e. The van der Waals surface area contributed by atoms with Crippen LogP contribution in [0.15, 0.2) is 18.2 Å². The zero-order valence-electron chi connectivity index (χ0n) is 8.57. The van der Waals surface area contributed by atoms with Gasteiger partial charge in [0.2, 0.25) is 0 Å². The minimum atomic E-state index is -1.55. The number of hydrogen-bond acceptors (Lipinski definition) is 3. The van der Waals surface area contributed by atoms with Gasteiger partial charge in [0.05, 0.1) is 0 Å². The fraction of sp³-hybridized carbons (Fsp3) is 0.400. The summed E-state index contributed by atoms with van der Waals surface area (Å²) in [7, 11) is 11.0. The number of hydrogen-bond donors (Lipinski definition) is 1. The molecule has 0 spiro atoms. The lowest BCUT2D eigenvalue weighted by molar-refractivity contribution is 0.0833. The molecule has 1 aromatic carbocycles. The molecular formula is C10H11B2NO2. The van der Waals surface area contributed by atoms with E-state index < -0.39 is 5.59 Å². The maximum Gasteiger partial charge on any atom is 0.175 e. The summed E-state index contributed by atoms with van der Waals surface area (Å²) >= 11 is 0. The van der Waals surface area contributed by atoms with Crippen LogP contribution < -0.4 is 15.2 Å². The van der Waals surface area contributed by atoms with Gasteiger partial charge < -0.3 is 15.2 Å². The number of nitrogens with two attached hydrogens (primary N) is 1. The van der Waals surface area contributed by atoms with Crippen molar-refractivity contribution >= 4 is 15.7 Å². The van der Waals surface area contributed by atoms with E-state index in [0.717, 1.165) is 12.0 Å². The third kappa shape index (κ3) is 2.29. The van der Waals surface area contributed by atoms with E-state index in [1.54, 1.807) is 6.07 Å². The van der Waals surface area contributed by atoms with E-state index in [0.29, 0.717) is 11.5 Å². The summed E-state index contributed by atoms with van der Waals surface area (Å²) in [6.07, 6.45) is 0.777. The van der Waals surface area contributed by atoms with E-state index in [1.807, 2.05) is 19.1 Å². The highest BCUT2D eigenvalue weighted by Gasteiger charge is 2.30. The molecule has 0 unspecified atom stereocenters. The standard InChI is InChI=1S/C10H11B2NO2/c1-6(13)4-7-2-3-8-9(5-7)15-10(11,12)14-8/h2-3,5-6H,4,13H2,1H3/t6-/m0/s1. The van der Waals surface area contributed by atoms with Crippen LogP contribution in [0.25, 0.3) is 0 Å². The van der Waals surface area contributed by atoms with E-state index in [9.17, 15) is 0 Å². The first-order valence-electron chi connectivity index (χ1n) is 4.80. The van der Waals surface area contributed by atoms with Crippen molar-refractivity contribution in [1.29, 1.82) is 0 Å². The summed E-state index contributed by atoms with van der Waals surface area (Å²) in [6, 6.07) is 5.66. The Hall–Kier alpha value is -1.09. The third-order valence-corrected chi connectivity index (χ3v) is 2.10. The van der Waals surface area contributed by atoms with Crippen molar-refractivity contribution in [2.75, 3.05) is 0 Å². The molecule has 0 fully saturated rings. The average Bonchev–Trinajstić information content (AvgIpc) is 2.36. The van der Waals surface area contributed by atoms with Gasteiger partial charge in [-0.25, -0.2) is 0 Å². The molecule has 0 bridgehead atoms. The van der Waals surface area contributed by atoms with E-state index >= 15 is 0 Å². The molecule has 1 heterocycles.